The van der Waals surface area contributed by atoms with Crippen LogP contribution >= 0.6 is 0 Å². The molecule has 0 heterocycles. The normalized spacial score (nSPS) is 11.6. The summed E-state index contributed by atoms with van der Waals surface area (Å²) < 4.78 is 33.6. The molecule has 0 aliphatic rings. The highest BCUT2D eigenvalue weighted by atomic mass is 32.2. The van der Waals surface area contributed by atoms with Gasteiger partial charge >= 0.3 is 10.2 Å². The van der Waals surface area contributed by atoms with E-state index in [0.717, 1.165) is 31.1 Å². The van der Waals surface area contributed by atoms with Crippen molar-refractivity contribution < 1.29 is 17.9 Å². The van der Waals surface area contributed by atoms with Crippen LogP contribution in [0.3, 0.4) is 0 Å². The van der Waals surface area contributed by atoms with Gasteiger partial charge in [0.1, 0.15) is 12.3 Å². The first-order valence-corrected chi connectivity index (χ1v) is 11.2. The minimum atomic E-state index is -3.84. The van der Waals surface area contributed by atoms with E-state index in [4.69, 9.17) is 4.74 Å². The quantitative estimate of drug-likeness (QED) is 0.659. The van der Waals surface area contributed by atoms with Gasteiger partial charge in [-0.1, -0.05) is 24.3 Å². The van der Waals surface area contributed by atoms with E-state index in [0.29, 0.717) is 12.2 Å². The zero-order valence-corrected chi connectivity index (χ0v) is 19.3. The molecule has 1 amide bonds. The van der Waals surface area contributed by atoms with Crippen molar-refractivity contribution in [1.29, 1.82) is 0 Å². The minimum absolute atomic E-state index is 0.0882. The molecule has 8 heteroatoms. The number of carbonyl (C=O) groups is 1. The first-order valence-electron chi connectivity index (χ1n) is 9.80. The second kappa shape index (κ2) is 9.95. The average molecular weight is 434 g/mol. The van der Waals surface area contributed by atoms with Crippen LogP contribution in [0.15, 0.2) is 42.5 Å². The number of hydrogen-bond donors (Lipinski definition) is 1. The van der Waals surface area contributed by atoms with Gasteiger partial charge < -0.3 is 10.1 Å². The number of nitrogens with zero attached hydrogens (tertiary/aromatic N) is 2. The van der Waals surface area contributed by atoms with Crippen LogP contribution in [-0.2, 0) is 21.5 Å². The second-order valence-corrected chi connectivity index (χ2v) is 9.74. The first kappa shape index (κ1) is 23.7. The van der Waals surface area contributed by atoms with Gasteiger partial charge in [-0.15, -0.1) is 0 Å². The van der Waals surface area contributed by atoms with Crippen molar-refractivity contribution in [1.82, 2.24) is 9.62 Å². The Morgan fingerprint density at radius 1 is 1.07 bits per heavy atom. The molecule has 0 fully saturated rings. The number of benzene rings is 2. The molecule has 30 heavy (non-hydrogen) atoms. The van der Waals surface area contributed by atoms with Crippen LogP contribution in [-0.4, -0.2) is 45.4 Å². The van der Waals surface area contributed by atoms with E-state index in [1.165, 1.54) is 14.1 Å². The molecule has 2 rings (SSSR count). The fraction of sp³-hybridized carbons (Fsp3) is 0.409. The molecule has 0 bridgehead atoms. The van der Waals surface area contributed by atoms with Crippen molar-refractivity contribution in [2.24, 2.45) is 0 Å². The summed E-state index contributed by atoms with van der Waals surface area (Å²) >= 11 is 0. The number of anilines is 1. The molecule has 0 saturated heterocycles. The molecule has 0 aromatic heterocycles. The molecule has 2 aromatic carbocycles. The number of nitrogens with one attached hydrogen (secondary N) is 1. The first-order chi connectivity index (χ1) is 14.0. The summed E-state index contributed by atoms with van der Waals surface area (Å²) in [5.41, 5.74) is 3.08. The van der Waals surface area contributed by atoms with Gasteiger partial charge in [0.15, 0.2) is 0 Å². The number of carbonyl (C=O) groups excluding carboxylic acids is 1. The maximum absolute atomic E-state index is 12.9. The molecule has 7 nitrogen and oxygen atoms in total. The van der Waals surface area contributed by atoms with E-state index in [1.54, 1.807) is 6.07 Å². The molecule has 0 aliphatic carbocycles. The lowest BCUT2D eigenvalue weighted by Gasteiger charge is -2.28. The van der Waals surface area contributed by atoms with Crippen molar-refractivity contribution in [3.63, 3.8) is 0 Å². The van der Waals surface area contributed by atoms with Crippen LogP contribution in [0.2, 0.25) is 0 Å². The van der Waals surface area contributed by atoms with E-state index in [2.05, 4.69) is 5.32 Å². The Morgan fingerprint density at radius 2 is 1.70 bits per heavy atom. The summed E-state index contributed by atoms with van der Waals surface area (Å²) in [5, 5.41) is 2.80. The van der Waals surface area contributed by atoms with Gasteiger partial charge in [0.05, 0.1) is 11.8 Å². The van der Waals surface area contributed by atoms with E-state index < -0.39 is 10.2 Å². The van der Waals surface area contributed by atoms with E-state index in [1.807, 2.05) is 64.1 Å². The largest absolute Gasteiger partial charge is 0.491 e. The molecular formula is C22H31N3O4S. The Hall–Kier alpha value is -2.58. The topological polar surface area (TPSA) is 79.0 Å². The number of rotatable bonds is 9. The van der Waals surface area contributed by atoms with Crippen LogP contribution in [0.4, 0.5) is 5.69 Å². The SMILES string of the molecule is Cc1ccc(C)c(N(CC(=O)NCc2ccc(OC(C)C)cc2)S(=O)(=O)N(C)C)c1. The van der Waals surface area contributed by atoms with Gasteiger partial charge in [0.25, 0.3) is 0 Å². The third-order valence-electron chi connectivity index (χ3n) is 4.45. The van der Waals surface area contributed by atoms with Crippen LogP contribution in [0.25, 0.3) is 0 Å². The zero-order valence-electron chi connectivity index (χ0n) is 18.5. The number of amides is 1. The fourth-order valence-electron chi connectivity index (χ4n) is 2.82. The van der Waals surface area contributed by atoms with Crippen molar-refractivity contribution in [3.8, 4) is 5.75 Å². The van der Waals surface area contributed by atoms with Gasteiger partial charge in [-0.05, 0) is 62.6 Å². The van der Waals surface area contributed by atoms with E-state index in [-0.39, 0.29) is 18.6 Å². The standard InChI is InChI=1S/C22H31N3O4S/c1-16(2)29-20-11-9-19(10-12-20)14-23-22(26)15-25(30(27,28)24(5)6)21-13-17(3)7-8-18(21)4/h7-13,16H,14-15H2,1-6H3,(H,23,26). The molecule has 0 spiro atoms. The van der Waals surface area contributed by atoms with Crippen LogP contribution in [0.1, 0.15) is 30.5 Å². The third-order valence-corrected chi connectivity index (χ3v) is 6.25. The second-order valence-electron chi connectivity index (χ2n) is 7.67. The highest BCUT2D eigenvalue weighted by Gasteiger charge is 2.28. The van der Waals surface area contributed by atoms with E-state index >= 15 is 0 Å². The summed E-state index contributed by atoms with van der Waals surface area (Å²) in [6.07, 6.45) is 0.0882. The summed E-state index contributed by atoms with van der Waals surface area (Å²) in [6, 6.07) is 13.0. The zero-order chi connectivity index (χ0) is 22.5. The number of aryl methyl sites for hydroxylation is 2. The molecule has 164 valence electrons. The van der Waals surface area contributed by atoms with Crippen molar-refractivity contribution >= 4 is 21.8 Å². The number of ether oxygens (including phenoxy) is 1. The van der Waals surface area contributed by atoms with Crippen molar-refractivity contribution in [3.05, 3.63) is 59.2 Å². The summed E-state index contributed by atoms with van der Waals surface area (Å²) in [4.78, 5) is 12.6. The van der Waals surface area contributed by atoms with Gasteiger partial charge in [-0.2, -0.15) is 12.7 Å². The average Bonchev–Trinajstić information content (AvgIpc) is 2.67. The van der Waals surface area contributed by atoms with Gasteiger partial charge in [-0.25, -0.2) is 4.31 Å². The third kappa shape index (κ3) is 6.21. The molecule has 0 atom stereocenters. The summed E-state index contributed by atoms with van der Waals surface area (Å²) in [5.74, 6) is 0.377. The van der Waals surface area contributed by atoms with Gasteiger partial charge in [0, 0.05) is 20.6 Å². The Kier molecular flexibility index (Phi) is 7.86. The van der Waals surface area contributed by atoms with Gasteiger partial charge in [-0.3, -0.25) is 4.79 Å². The molecule has 0 saturated carbocycles. The summed E-state index contributed by atoms with van der Waals surface area (Å²) in [6.45, 7) is 7.61. The predicted octanol–water partition coefficient (Wildman–Crippen LogP) is 3.02. The predicted molar refractivity (Wildman–Crippen MR) is 120 cm³/mol. The van der Waals surface area contributed by atoms with Crippen molar-refractivity contribution in [2.75, 3.05) is 24.9 Å². The monoisotopic (exact) mass is 433 g/mol. The van der Waals surface area contributed by atoms with E-state index in [9.17, 15) is 13.2 Å². The maximum atomic E-state index is 12.9. The summed E-state index contributed by atoms with van der Waals surface area (Å²) in [7, 11) is -0.936. The number of hydrogen-bond acceptors (Lipinski definition) is 4. The molecule has 0 unspecified atom stereocenters. The minimum Gasteiger partial charge on any atom is -0.491 e. The molecule has 0 radical (unpaired) electrons. The van der Waals surface area contributed by atoms with Crippen molar-refractivity contribution in [2.45, 2.75) is 40.3 Å². The molecule has 1 N–H and O–H groups in total. The lowest BCUT2D eigenvalue weighted by molar-refractivity contribution is -0.119. The highest BCUT2D eigenvalue weighted by Crippen LogP contribution is 2.25. The molecular weight excluding hydrogens is 402 g/mol. The fourth-order valence-corrected chi connectivity index (χ4v) is 3.94. The van der Waals surface area contributed by atoms with Crippen LogP contribution in [0.5, 0.6) is 5.75 Å². The molecule has 0 aliphatic heterocycles. The Balaban J connectivity index is 2.14. The van der Waals surface area contributed by atoms with Crippen LogP contribution < -0.4 is 14.4 Å². The lowest BCUT2D eigenvalue weighted by atomic mass is 10.1. The van der Waals surface area contributed by atoms with Gasteiger partial charge in [0.2, 0.25) is 5.91 Å². The Labute approximate surface area is 179 Å². The smallest absolute Gasteiger partial charge is 0.304 e. The lowest BCUT2D eigenvalue weighted by Crippen LogP contribution is -2.46. The molecule has 2 aromatic rings. The Bertz CT molecular complexity index is 970. The maximum Gasteiger partial charge on any atom is 0.304 e. The Morgan fingerprint density at radius 3 is 2.27 bits per heavy atom. The highest BCUT2D eigenvalue weighted by molar-refractivity contribution is 7.90. The van der Waals surface area contributed by atoms with Crippen LogP contribution in [0, 0.1) is 13.8 Å².